The lowest BCUT2D eigenvalue weighted by Gasteiger charge is -2.16. The van der Waals surface area contributed by atoms with E-state index in [9.17, 15) is 4.79 Å². The van der Waals surface area contributed by atoms with Gasteiger partial charge in [-0.3, -0.25) is 4.79 Å². The predicted molar refractivity (Wildman–Crippen MR) is 78.6 cm³/mol. The molecule has 6 heteroatoms. The van der Waals surface area contributed by atoms with Gasteiger partial charge in [0, 0.05) is 11.9 Å². The van der Waals surface area contributed by atoms with Crippen LogP contribution in [0.2, 0.25) is 4.34 Å². The van der Waals surface area contributed by atoms with Gasteiger partial charge in [0.1, 0.15) is 0 Å². The van der Waals surface area contributed by atoms with E-state index in [4.69, 9.17) is 11.6 Å². The molecule has 1 N–H and O–H groups in total. The van der Waals surface area contributed by atoms with Crippen LogP contribution in [0.3, 0.4) is 0 Å². The molecule has 1 aliphatic carbocycles. The van der Waals surface area contributed by atoms with E-state index in [1.165, 1.54) is 24.2 Å². The van der Waals surface area contributed by atoms with Gasteiger partial charge in [-0.25, -0.2) is 0 Å². The highest BCUT2D eigenvalue weighted by atomic mass is 35.5. The summed E-state index contributed by atoms with van der Waals surface area (Å²) < 4.78 is 0.771. The average Bonchev–Trinajstić information content (AvgIpc) is 3.02. The summed E-state index contributed by atoms with van der Waals surface area (Å²) in [6, 6.07) is 3.83. The van der Waals surface area contributed by atoms with Crippen LogP contribution in [-0.2, 0) is 11.3 Å². The molecule has 0 aliphatic heterocycles. The van der Waals surface area contributed by atoms with Crippen LogP contribution in [0.4, 0.5) is 0 Å². The van der Waals surface area contributed by atoms with Gasteiger partial charge >= 0.3 is 0 Å². The van der Waals surface area contributed by atoms with Crippen molar-refractivity contribution in [2.75, 3.05) is 20.1 Å². The highest BCUT2D eigenvalue weighted by molar-refractivity contribution is 7.16. The fraction of sp³-hybridized carbons (Fsp3) is 0.583. The molecule has 0 aromatic carbocycles. The van der Waals surface area contributed by atoms with Crippen molar-refractivity contribution in [1.82, 2.24) is 10.2 Å². The van der Waals surface area contributed by atoms with Gasteiger partial charge in [-0.2, -0.15) is 0 Å². The molecule has 3 nitrogen and oxygen atoms in total. The zero-order valence-corrected chi connectivity index (χ0v) is 12.7. The molecular weight excluding hydrogens is 291 g/mol. The average molecular weight is 309 g/mol. The summed E-state index contributed by atoms with van der Waals surface area (Å²) >= 11 is 7.37. The van der Waals surface area contributed by atoms with E-state index in [1.807, 2.05) is 19.2 Å². The second kappa shape index (κ2) is 7.34. The Bertz CT molecular complexity index is 393. The predicted octanol–water partition coefficient (Wildman–Crippen LogP) is 2.78. The summed E-state index contributed by atoms with van der Waals surface area (Å²) in [6.45, 7) is 2.05. The Morgan fingerprint density at radius 1 is 1.56 bits per heavy atom. The number of nitrogens with one attached hydrogen (secondary N) is 1. The fourth-order valence-electron chi connectivity index (χ4n) is 1.60. The van der Waals surface area contributed by atoms with Gasteiger partial charge in [0.25, 0.3) is 0 Å². The van der Waals surface area contributed by atoms with Crippen LogP contribution in [0.5, 0.6) is 0 Å². The maximum atomic E-state index is 11.8. The number of thiophene rings is 1. The Hall–Kier alpha value is -0.290. The molecule has 1 aliphatic rings. The molecule has 18 heavy (non-hydrogen) atoms. The van der Waals surface area contributed by atoms with E-state index in [2.05, 4.69) is 5.32 Å². The van der Waals surface area contributed by atoms with E-state index in [1.54, 1.807) is 4.90 Å². The van der Waals surface area contributed by atoms with Gasteiger partial charge in [-0.15, -0.1) is 23.7 Å². The van der Waals surface area contributed by atoms with Crippen molar-refractivity contribution >= 4 is 41.3 Å². The third kappa shape index (κ3) is 5.14. The van der Waals surface area contributed by atoms with Gasteiger partial charge in [0.2, 0.25) is 5.91 Å². The molecule has 0 spiro atoms. The largest absolute Gasteiger partial charge is 0.340 e. The molecule has 102 valence electrons. The molecule has 1 saturated carbocycles. The van der Waals surface area contributed by atoms with Crippen LogP contribution in [0, 0.1) is 5.92 Å². The smallest absolute Gasteiger partial charge is 0.236 e. The molecule has 1 aromatic rings. The van der Waals surface area contributed by atoms with Gasteiger partial charge in [-0.1, -0.05) is 11.6 Å². The van der Waals surface area contributed by atoms with E-state index >= 15 is 0 Å². The van der Waals surface area contributed by atoms with Gasteiger partial charge in [0.05, 0.1) is 17.4 Å². The Kier molecular flexibility index (Phi) is 6.43. The monoisotopic (exact) mass is 308 g/mol. The minimum atomic E-state index is 0. The number of hydrogen-bond donors (Lipinski definition) is 1. The van der Waals surface area contributed by atoms with Crippen LogP contribution in [-0.4, -0.2) is 30.9 Å². The summed E-state index contributed by atoms with van der Waals surface area (Å²) in [4.78, 5) is 14.6. The van der Waals surface area contributed by atoms with Crippen molar-refractivity contribution in [2.24, 2.45) is 5.92 Å². The van der Waals surface area contributed by atoms with Crippen molar-refractivity contribution in [3.63, 3.8) is 0 Å². The summed E-state index contributed by atoms with van der Waals surface area (Å²) in [7, 11) is 1.83. The third-order valence-corrected chi connectivity index (χ3v) is 4.07. The van der Waals surface area contributed by atoms with Crippen LogP contribution >= 0.6 is 35.3 Å². The topological polar surface area (TPSA) is 32.3 Å². The molecule has 0 bridgehead atoms. The molecule has 1 fully saturated rings. The quantitative estimate of drug-likeness (QED) is 0.876. The molecule has 2 rings (SSSR count). The second-order valence-electron chi connectivity index (χ2n) is 4.53. The SMILES string of the molecule is CN(Cc1ccc(Cl)s1)C(=O)CNCC1CC1.Cl. The zero-order valence-electron chi connectivity index (χ0n) is 10.3. The number of nitrogens with zero attached hydrogens (tertiary/aromatic N) is 1. The number of carbonyl (C=O) groups is 1. The first kappa shape index (κ1) is 15.8. The van der Waals surface area contributed by atoms with Crippen LogP contribution in [0.1, 0.15) is 17.7 Å². The Morgan fingerprint density at radius 2 is 2.28 bits per heavy atom. The first-order valence-electron chi connectivity index (χ1n) is 5.84. The minimum Gasteiger partial charge on any atom is -0.340 e. The molecule has 0 radical (unpaired) electrons. The maximum Gasteiger partial charge on any atom is 0.236 e. The normalized spacial score (nSPS) is 14.1. The number of amides is 1. The van der Waals surface area contributed by atoms with E-state index in [-0.39, 0.29) is 18.3 Å². The van der Waals surface area contributed by atoms with Crippen LogP contribution < -0.4 is 5.32 Å². The fourth-order valence-corrected chi connectivity index (χ4v) is 2.74. The third-order valence-electron chi connectivity index (χ3n) is 2.85. The highest BCUT2D eigenvalue weighted by Gasteiger charge is 2.21. The maximum absolute atomic E-state index is 11.8. The van der Waals surface area contributed by atoms with Crippen LogP contribution in [0.25, 0.3) is 0 Å². The summed E-state index contributed by atoms with van der Waals surface area (Å²) in [6.07, 6.45) is 2.62. The number of rotatable bonds is 6. The number of halogens is 2. The Labute approximate surface area is 123 Å². The first-order valence-corrected chi connectivity index (χ1v) is 7.03. The minimum absolute atomic E-state index is 0. The number of likely N-dealkylation sites (N-methyl/N-ethyl adjacent to an activating group) is 1. The number of hydrogen-bond acceptors (Lipinski definition) is 3. The Balaban J connectivity index is 0.00000162. The van der Waals surface area contributed by atoms with Crippen molar-refractivity contribution in [2.45, 2.75) is 19.4 Å². The molecule has 1 heterocycles. The lowest BCUT2D eigenvalue weighted by Crippen LogP contribution is -2.35. The van der Waals surface area contributed by atoms with Crippen molar-refractivity contribution in [1.29, 1.82) is 0 Å². The summed E-state index contributed by atoms with van der Waals surface area (Å²) in [5, 5.41) is 3.21. The van der Waals surface area contributed by atoms with E-state index < -0.39 is 0 Å². The van der Waals surface area contributed by atoms with Gasteiger partial charge in [-0.05, 0) is 37.4 Å². The lowest BCUT2D eigenvalue weighted by molar-refractivity contribution is -0.129. The van der Waals surface area contributed by atoms with Crippen LogP contribution in [0.15, 0.2) is 12.1 Å². The number of carbonyl (C=O) groups excluding carboxylic acids is 1. The molecule has 1 aromatic heterocycles. The highest BCUT2D eigenvalue weighted by Crippen LogP contribution is 2.27. The van der Waals surface area contributed by atoms with Crippen molar-refractivity contribution in [3.05, 3.63) is 21.3 Å². The summed E-state index contributed by atoms with van der Waals surface area (Å²) in [5.74, 6) is 0.944. The summed E-state index contributed by atoms with van der Waals surface area (Å²) in [5.41, 5.74) is 0. The van der Waals surface area contributed by atoms with E-state index in [0.717, 1.165) is 21.7 Å². The van der Waals surface area contributed by atoms with E-state index in [0.29, 0.717) is 13.1 Å². The van der Waals surface area contributed by atoms with Gasteiger partial charge < -0.3 is 10.2 Å². The molecule has 0 saturated heterocycles. The molecule has 0 unspecified atom stereocenters. The second-order valence-corrected chi connectivity index (χ2v) is 6.33. The van der Waals surface area contributed by atoms with Crippen molar-refractivity contribution in [3.8, 4) is 0 Å². The zero-order chi connectivity index (χ0) is 12.3. The lowest BCUT2D eigenvalue weighted by atomic mass is 10.4. The molecular formula is C12H18Cl2N2OS. The molecule has 1 amide bonds. The molecule has 0 atom stereocenters. The first-order chi connectivity index (χ1) is 8.15. The Morgan fingerprint density at radius 3 is 2.83 bits per heavy atom. The standard InChI is InChI=1S/C12H17ClN2OS.ClH/c1-15(8-10-4-5-11(13)17-10)12(16)7-14-6-9-2-3-9;/h4-5,9,14H,2-3,6-8H2,1H3;1H. The van der Waals surface area contributed by atoms with Crippen molar-refractivity contribution < 1.29 is 4.79 Å². The van der Waals surface area contributed by atoms with Gasteiger partial charge in [0.15, 0.2) is 0 Å².